The SMILES string of the molecule is C[C@@H]1CCCC[C@@H]1OCC(=O)Nc1cccc(-c2ccc(=O)[nH]n2)c1. The molecular weight excluding hydrogens is 318 g/mol. The lowest BCUT2D eigenvalue weighted by molar-refractivity contribution is -0.124. The smallest absolute Gasteiger partial charge is 0.264 e. The first-order valence-corrected chi connectivity index (χ1v) is 8.69. The van der Waals surface area contributed by atoms with E-state index in [0.29, 0.717) is 17.3 Å². The zero-order valence-corrected chi connectivity index (χ0v) is 14.3. The van der Waals surface area contributed by atoms with Crippen molar-refractivity contribution in [2.45, 2.75) is 38.7 Å². The number of H-pyrrole nitrogens is 1. The van der Waals surface area contributed by atoms with Crippen LogP contribution >= 0.6 is 0 Å². The second kappa shape index (κ2) is 8.07. The summed E-state index contributed by atoms with van der Waals surface area (Å²) >= 11 is 0. The van der Waals surface area contributed by atoms with Crippen LogP contribution in [0.1, 0.15) is 32.6 Å². The molecule has 6 nitrogen and oxygen atoms in total. The van der Waals surface area contributed by atoms with Crippen molar-refractivity contribution in [1.82, 2.24) is 10.2 Å². The van der Waals surface area contributed by atoms with E-state index in [1.807, 2.05) is 24.3 Å². The van der Waals surface area contributed by atoms with Gasteiger partial charge in [0.05, 0.1) is 11.8 Å². The monoisotopic (exact) mass is 341 g/mol. The van der Waals surface area contributed by atoms with Crippen molar-refractivity contribution in [3.63, 3.8) is 0 Å². The van der Waals surface area contributed by atoms with Gasteiger partial charge in [-0.15, -0.1) is 0 Å². The standard InChI is InChI=1S/C19H23N3O3/c1-13-5-2-3-8-17(13)25-12-19(24)20-15-7-4-6-14(11-15)16-9-10-18(23)22-21-16/h4,6-7,9-11,13,17H,2-3,5,8,12H2,1H3,(H,20,24)(H,22,23)/t13-,17+/m1/s1. The molecule has 2 atom stereocenters. The number of nitrogens with zero attached hydrogens (tertiary/aromatic N) is 1. The van der Waals surface area contributed by atoms with Crippen LogP contribution in [-0.2, 0) is 9.53 Å². The number of ether oxygens (including phenoxy) is 1. The van der Waals surface area contributed by atoms with Gasteiger partial charge in [-0.25, -0.2) is 5.10 Å². The molecule has 6 heteroatoms. The van der Waals surface area contributed by atoms with E-state index in [2.05, 4.69) is 22.4 Å². The van der Waals surface area contributed by atoms with Gasteiger partial charge in [0.25, 0.3) is 5.56 Å². The van der Waals surface area contributed by atoms with Gasteiger partial charge in [0, 0.05) is 17.3 Å². The number of rotatable bonds is 5. The third-order valence-corrected chi connectivity index (χ3v) is 4.58. The highest BCUT2D eigenvalue weighted by atomic mass is 16.5. The lowest BCUT2D eigenvalue weighted by Gasteiger charge is -2.28. The molecule has 1 aromatic carbocycles. The Labute approximate surface area is 146 Å². The number of carbonyl (C=O) groups is 1. The molecule has 1 aliphatic carbocycles. The van der Waals surface area contributed by atoms with Gasteiger partial charge in [0.1, 0.15) is 6.61 Å². The van der Waals surface area contributed by atoms with Crippen LogP contribution in [0.2, 0.25) is 0 Å². The minimum atomic E-state index is -0.248. The maximum atomic E-state index is 12.2. The Morgan fingerprint density at radius 1 is 1.28 bits per heavy atom. The largest absolute Gasteiger partial charge is 0.368 e. The first-order valence-electron chi connectivity index (χ1n) is 8.69. The lowest BCUT2D eigenvalue weighted by atomic mass is 9.88. The van der Waals surface area contributed by atoms with E-state index in [0.717, 1.165) is 12.0 Å². The van der Waals surface area contributed by atoms with E-state index >= 15 is 0 Å². The molecule has 1 aromatic heterocycles. The van der Waals surface area contributed by atoms with Crippen LogP contribution in [0.25, 0.3) is 11.3 Å². The average Bonchev–Trinajstić information content (AvgIpc) is 2.62. The molecule has 0 saturated heterocycles. The molecule has 132 valence electrons. The molecule has 2 aromatic rings. The van der Waals surface area contributed by atoms with Crippen LogP contribution < -0.4 is 10.9 Å². The van der Waals surface area contributed by atoms with Crippen LogP contribution in [0.4, 0.5) is 5.69 Å². The van der Waals surface area contributed by atoms with Gasteiger partial charge in [-0.3, -0.25) is 9.59 Å². The third-order valence-electron chi connectivity index (χ3n) is 4.58. The second-order valence-electron chi connectivity index (χ2n) is 6.55. The van der Waals surface area contributed by atoms with Gasteiger partial charge >= 0.3 is 0 Å². The van der Waals surface area contributed by atoms with E-state index in [1.165, 1.54) is 25.3 Å². The van der Waals surface area contributed by atoms with Crippen molar-refractivity contribution in [2.75, 3.05) is 11.9 Å². The summed E-state index contributed by atoms with van der Waals surface area (Å²) in [5.74, 6) is 0.348. The van der Waals surface area contributed by atoms with E-state index < -0.39 is 0 Å². The highest BCUT2D eigenvalue weighted by Gasteiger charge is 2.22. The molecular formula is C19H23N3O3. The molecule has 0 bridgehead atoms. The zero-order valence-electron chi connectivity index (χ0n) is 14.3. The lowest BCUT2D eigenvalue weighted by Crippen LogP contribution is -2.29. The van der Waals surface area contributed by atoms with Crippen molar-refractivity contribution in [2.24, 2.45) is 5.92 Å². The Balaban J connectivity index is 1.59. The molecule has 0 spiro atoms. The fourth-order valence-corrected chi connectivity index (χ4v) is 3.17. The molecule has 0 aliphatic heterocycles. The highest BCUT2D eigenvalue weighted by molar-refractivity contribution is 5.92. The first kappa shape index (κ1) is 17.4. The van der Waals surface area contributed by atoms with Crippen LogP contribution in [0.3, 0.4) is 0 Å². The molecule has 1 saturated carbocycles. The van der Waals surface area contributed by atoms with Crippen molar-refractivity contribution in [3.05, 3.63) is 46.8 Å². The van der Waals surface area contributed by atoms with Gasteiger partial charge in [-0.2, -0.15) is 5.10 Å². The molecule has 3 rings (SSSR count). The average molecular weight is 341 g/mol. The fraction of sp³-hybridized carbons (Fsp3) is 0.421. The zero-order chi connectivity index (χ0) is 17.6. The highest BCUT2D eigenvalue weighted by Crippen LogP contribution is 2.26. The summed E-state index contributed by atoms with van der Waals surface area (Å²) in [6.07, 6.45) is 4.79. The summed E-state index contributed by atoms with van der Waals surface area (Å²) in [7, 11) is 0. The van der Waals surface area contributed by atoms with E-state index in [-0.39, 0.29) is 24.2 Å². The molecule has 2 N–H and O–H groups in total. The molecule has 1 amide bonds. The summed E-state index contributed by atoms with van der Waals surface area (Å²) in [4.78, 5) is 23.3. The second-order valence-corrected chi connectivity index (χ2v) is 6.55. The number of benzene rings is 1. The number of aromatic nitrogens is 2. The number of nitrogens with one attached hydrogen (secondary N) is 2. The minimum Gasteiger partial charge on any atom is -0.368 e. The summed E-state index contributed by atoms with van der Waals surface area (Å²) in [5, 5.41) is 9.26. The van der Waals surface area contributed by atoms with Crippen molar-refractivity contribution >= 4 is 11.6 Å². The van der Waals surface area contributed by atoms with Crippen molar-refractivity contribution in [3.8, 4) is 11.3 Å². The van der Waals surface area contributed by atoms with Crippen LogP contribution in [-0.4, -0.2) is 28.8 Å². The Kier molecular flexibility index (Phi) is 5.60. The van der Waals surface area contributed by atoms with Gasteiger partial charge in [0.15, 0.2) is 0 Å². The fourth-order valence-electron chi connectivity index (χ4n) is 3.17. The number of aromatic amines is 1. The summed E-state index contributed by atoms with van der Waals surface area (Å²) in [6.45, 7) is 2.25. The van der Waals surface area contributed by atoms with Crippen molar-refractivity contribution in [1.29, 1.82) is 0 Å². The predicted octanol–water partition coefficient (Wildman–Crippen LogP) is 2.97. The molecule has 0 unspecified atom stereocenters. The quantitative estimate of drug-likeness (QED) is 0.876. The maximum Gasteiger partial charge on any atom is 0.264 e. The van der Waals surface area contributed by atoms with Crippen LogP contribution in [0.15, 0.2) is 41.2 Å². The molecule has 25 heavy (non-hydrogen) atoms. The van der Waals surface area contributed by atoms with Crippen LogP contribution in [0.5, 0.6) is 0 Å². The maximum absolute atomic E-state index is 12.2. The van der Waals surface area contributed by atoms with E-state index in [9.17, 15) is 9.59 Å². The Morgan fingerprint density at radius 2 is 2.12 bits per heavy atom. The topological polar surface area (TPSA) is 84.1 Å². The Hall–Kier alpha value is -2.47. The van der Waals surface area contributed by atoms with Gasteiger partial charge in [-0.1, -0.05) is 31.9 Å². The number of hydrogen-bond donors (Lipinski definition) is 2. The summed E-state index contributed by atoms with van der Waals surface area (Å²) in [6, 6.07) is 10.4. The summed E-state index contributed by atoms with van der Waals surface area (Å²) in [5.41, 5.74) is 1.89. The van der Waals surface area contributed by atoms with Crippen LogP contribution in [0, 0.1) is 5.92 Å². The van der Waals surface area contributed by atoms with Gasteiger partial charge < -0.3 is 10.1 Å². The molecule has 1 fully saturated rings. The number of anilines is 1. The molecule has 1 heterocycles. The van der Waals surface area contributed by atoms with E-state index in [4.69, 9.17) is 4.74 Å². The summed E-state index contributed by atoms with van der Waals surface area (Å²) < 4.78 is 5.79. The number of carbonyl (C=O) groups excluding carboxylic acids is 1. The van der Waals surface area contributed by atoms with E-state index in [1.54, 1.807) is 6.07 Å². The normalized spacial score (nSPS) is 20.2. The minimum absolute atomic E-state index is 0.0656. The third kappa shape index (κ3) is 4.76. The number of amides is 1. The number of hydrogen-bond acceptors (Lipinski definition) is 4. The molecule has 1 aliphatic rings. The predicted molar refractivity (Wildman–Crippen MR) is 96.3 cm³/mol. The molecule has 0 radical (unpaired) electrons. The first-order chi connectivity index (χ1) is 12.1. The van der Waals surface area contributed by atoms with Crippen molar-refractivity contribution < 1.29 is 9.53 Å². The Morgan fingerprint density at radius 3 is 2.88 bits per heavy atom. The van der Waals surface area contributed by atoms with Gasteiger partial charge in [-0.05, 0) is 37.0 Å². The Bertz CT molecular complexity index is 767. The van der Waals surface area contributed by atoms with Gasteiger partial charge in [0.2, 0.25) is 5.91 Å².